The topological polar surface area (TPSA) is 86.2 Å². The lowest BCUT2D eigenvalue weighted by Gasteiger charge is -2.12. The molecule has 1 N–H and O–H groups in total. The number of aryl methyl sites for hydroxylation is 1. The Kier molecular flexibility index (Phi) is 5.07. The first kappa shape index (κ1) is 17.3. The van der Waals surface area contributed by atoms with Crippen LogP contribution in [0.5, 0.6) is 17.4 Å². The third-order valence-electron chi connectivity index (χ3n) is 3.67. The van der Waals surface area contributed by atoms with E-state index in [0.717, 1.165) is 11.3 Å². The van der Waals surface area contributed by atoms with Gasteiger partial charge in [-0.1, -0.05) is 0 Å². The summed E-state index contributed by atoms with van der Waals surface area (Å²) >= 11 is 0. The predicted octanol–water partition coefficient (Wildman–Crippen LogP) is 3.01. The summed E-state index contributed by atoms with van der Waals surface area (Å²) in [4.78, 5) is 24.7. The molecule has 0 aliphatic carbocycles. The summed E-state index contributed by atoms with van der Waals surface area (Å²) in [5.41, 5.74) is 2.70. The molecule has 1 amide bonds. The van der Waals surface area contributed by atoms with Crippen molar-refractivity contribution in [1.82, 2.24) is 20.3 Å². The molecular formula is C19H18N4O3. The number of carbonyl (C=O) groups is 1. The standard InChI is InChI=1S/C19H18N4O3/c1-12-7-17(23-11-22-12)16-5-4-6-21-19(16)26-15-9-13(18(24)20-2)8-14(10-15)25-3/h4-11H,1-3H3,(H,20,24). The summed E-state index contributed by atoms with van der Waals surface area (Å²) in [6.45, 7) is 1.89. The molecule has 0 bridgehead atoms. The molecule has 0 atom stereocenters. The zero-order valence-corrected chi connectivity index (χ0v) is 14.7. The smallest absolute Gasteiger partial charge is 0.251 e. The molecule has 0 fully saturated rings. The number of nitrogens with one attached hydrogen (secondary N) is 1. The van der Waals surface area contributed by atoms with Crippen LogP contribution in [-0.2, 0) is 0 Å². The first-order valence-corrected chi connectivity index (χ1v) is 7.93. The molecule has 0 saturated carbocycles. The number of benzene rings is 1. The van der Waals surface area contributed by atoms with Gasteiger partial charge in [0.1, 0.15) is 17.8 Å². The molecule has 2 heterocycles. The lowest BCUT2D eigenvalue weighted by Crippen LogP contribution is -2.17. The quantitative estimate of drug-likeness (QED) is 0.761. The van der Waals surface area contributed by atoms with E-state index in [4.69, 9.17) is 9.47 Å². The number of nitrogens with zero attached hydrogens (tertiary/aromatic N) is 3. The van der Waals surface area contributed by atoms with Gasteiger partial charge in [-0.05, 0) is 37.3 Å². The zero-order chi connectivity index (χ0) is 18.5. The summed E-state index contributed by atoms with van der Waals surface area (Å²) in [6.07, 6.45) is 3.13. The number of aromatic nitrogens is 3. The highest BCUT2D eigenvalue weighted by atomic mass is 16.5. The van der Waals surface area contributed by atoms with Crippen molar-refractivity contribution in [1.29, 1.82) is 0 Å². The SMILES string of the molecule is CNC(=O)c1cc(OC)cc(Oc2ncccc2-c2cc(C)ncn2)c1. The molecule has 1 aromatic carbocycles. The molecule has 0 unspecified atom stereocenters. The minimum atomic E-state index is -0.235. The summed E-state index contributed by atoms with van der Waals surface area (Å²) in [5.74, 6) is 1.09. The molecule has 26 heavy (non-hydrogen) atoms. The number of rotatable bonds is 5. The maximum atomic E-state index is 12.0. The number of carbonyl (C=O) groups excluding carboxylic acids is 1. The fourth-order valence-electron chi connectivity index (χ4n) is 2.40. The van der Waals surface area contributed by atoms with Gasteiger partial charge in [0.05, 0.1) is 18.4 Å². The average Bonchev–Trinajstić information content (AvgIpc) is 2.67. The number of methoxy groups -OCH3 is 1. The van der Waals surface area contributed by atoms with Gasteiger partial charge in [-0.25, -0.2) is 15.0 Å². The van der Waals surface area contributed by atoms with Crippen molar-refractivity contribution in [2.45, 2.75) is 6.92 Å². The van der Waals surface area contributed by atoms with E-state index < -0.39 is 0 Å². The molecule has 2 aromatic heterocycles. The van der Waals surface area contributed by atoms with Crippen molar-refractivity contribution in [3.05, 3.63) is 60.2 Å². The van der Waals surface area contributed by atoms with Crippen molar-refractivity contribution in [2.24, 2.45) is 0 Å². The molecule has 0 radical (unpaired) electrons. The summed E-state index contributed by atoms with van der Waals surface area (Å²) < 4.78 is 11.2. The van der Waals surface area contributed by atoms with Crippen molar-refractivity contribution >= 4 is 5.91 Å². The number of ether oxygens (including phenoxy) is 2. The van der Waals surface area contributed by atoms with E-state index in [9.17, 15) is 4.79 Å². The van der Waals surface area contributed by atoms with Crippen LogP contribution < -0.4 is 14.8 Å². The molecule has 7 nitrogen and oxygen atoms in total. The zero-order valence-electron chi connectivity index (χ0n) is 14.7. The molecule has 7 heteroatoms. The van der Waals surface area contributed by atoms with Gasteiger partial charge in [0.25, 0.3) is 5.91 Å². The van der Waals surface area contributed by atoms with Crippen LogP contribution in [0.25, 0.3) is 11.3 Å². The second-order valence-corrected chi connectivity index (χ2v) is 5.48. The fraction of sp³-hybridized carbons (Fsp3) is 0.158. The summed E-state index contributed by atoms with van der Waals surface area (Å²) in [5, 5.41) is 2.58. The van der Waals surface area contributed by atoms with E-state index >= 15 is 0 Å². The largest absolute Gasteiger partial charge is 0.497 e. The molecule has 3 aromatic rings. The van der Waals surface area contributed by atoms with E-state index in [0.29, 0.717) is 28.6 Å². The second-order valence-electron chi connectivity index (χ2n) is 5.48. The van der Waals surface area contributed by atoms with Crippen LogP contribution in [0.15, 0.2) is 48.9 Å². The molecule has 0 aliphatic heterocycles. The average molecular weight is 350 g/mol. The number of amides is 1. The number of hydrogen-bond donors (Lipinski definition) is 1. The Hall–Kier alpha value is -3.48. The summed E-state index contributed by atoms with van der Waals surface area (Å²) in [7, 11) is 3.10. The molecule has 132 valence electrons. The third-order valence-corrected chi connectivity index (χ3v) is 3.67. The Bertz CT molecular complexity index is 944. The van der Waals surface area contributed by atoms with E-state index in [2.05, 4.69) is 20.3 Å². The Labute approximate surface area is 151 Å². The highest BCUT2D eigenvalue weighted by Crippen LogP contribution is 2.32. The van der Waals surface area contributed by atoms with Crippen molar-refractivity contribution in [3.63, 3.8) is 0 Å². The van der Waals surface area contributed by atoms with Crippen molar-refractivity contribution in [2.75, 3.05) is 14.2 Å². The Balaban J connectivity index is 2.01. The molecule has 3 rings (SSSR count). The van der Waals surface area contributed by atoms with Crippen LogP contribution in [0.4, 0.5) is 0 Å². The van der Waals surface area contributed by atoms with E-state index in [1.54, 1.807) is 37.5 Å². The van der Waals surface area contributed by atoms with Crippen LogP contribution in [-0.4, -0.2) is 35.0 Å². The van der Waals surface area contributed by atoms with Crippen molar-refractivity contribution in [3.8, 4) is 28.6 Å². The van der Waals surface area contributed by atoms with Crippen LogP contribution in [0, 0.1) is 6.92 Å². The molecular weight excluding hydrogens is 332 g/mol. The van der Waals surface area contributed by atoms with Crippen LogP contribution in [0.1, 0.15) is 16.1 Å². The van der Waals surface area contributed by atoms with Gasteiger partial charge in [0.2, 0.25) is 5.88 Å². The lowest BCUT2D eigenvalue weighted by atomic mass is 10.1. The van der Waals surface area contributed by atoms with Gasteiger partial charge in [-0.2, -0.15) is 0 Å². The third kappa shape index (κ3) is 3.77. The highest BCUT2D eigenvalue weighted by Gasteiger charge is 2.13. The minimum Gasteiger partial charge on any atom is -0.497 e. The Morgan fingerprint density at radius 2 is 1.88 bits per heavy atom. The van der Waals surface area contributed by atoms with Crippen LogP contribution >= 0.6 is 0 Å². The highest BCUT2D eigenvalue weighted by molar-refractivity contribution is 5.94. The summed E-state index contributed by atoms with van der Waals surface area (Å²) in [6, 6.07) is 10.5. The Morgan fingerprint density at radius 3 is 2.62 bits per heavy atom. The van der Waals surface area contributed by atoms with E-state index in [1.807, 2.05) is 19.1 Å². The van der Waals surface area contributed by atoms with Gasteiger partial charge < -0.3 is 14.8 Å². The van der Waals surface area contributed by atoms with E-state index in [1.165, 1.54) is 13.4 Å². The van der Waals surface area contributed by atoms with Crippen LogP contribution in [0.2, 0.25) is 0 Å². The van der Waals surface area contributed by atoms with Gasteiger partial charge in [0.15, 0.2) is 0 Å². The minimum absolute atomic E-state index is 0.235. The second kappa shape index (κ2) is 7.60. The fourth-order valence-corrected chi connectivity index (χ4v) is 2.40. The molecule has 0 saturated heterocycles. The first-order valence-electron chi connectivity index (χ1n) is 7.93. The van der Waals surface area contributed by atoms with Gasteiger partial charge in [-0.3, -0.25) is 4.79 Å². The van der Waals surface area contributed by atoms with Gasteiger partial charge in [-0.15, -0.1) is 0 Å². The number of pyridine rings is 1. The van der Waals surface area contributed by atoms with Crippen LogP contribution in [0.3, 0.4) is 0 Å². The lowest BCUT2D eigenvalue weighted by molar-refractivity contribution is 0.0962. The normalized spacial score (nSPS) is 10.3. The van der Waals surface area contributed by atoms with Gasteiger partial charge in [0, 0.05) is 30.6 Å². The molecule has 0 aliphatic rings. The maximum absolute atomic E-state index is 12.0. The van der Waals surface area contributed by atoms with Crippen molar-refractivity contribution < 1.29 is 14.3 Å². The Morgan fingerprint density at radius 1 is 1.08 bits per heavy atom. The predicted molar refractivity (Wildman–Crippen MR) is 96.5 cm³/mol. The van der Waals surface area contributed by atoms with E-state index in [-0.39, 0.29) is 5.91 Å². The van der Waals surface area contributed by atoms with Gasteiger partial charge >= 0.3 is 0 Å². The monoisotopic (exact) mass is 350 g/mol. The first-order chi connectivity index (χ1) is 12.6. The maximum Gasteiger partial charge on any atom is 0.251 e. The number of hydrogen-bond acceptors (Lipinski definition) is 6. The molecule has 0 spiro atoms.